The first-order valence-electron chi connectivity index (χ1n) is 6.93. The topological polar surface area (TPSA) is 73.2 Å². The summed E-state index contributed by atoms with van der Waals surface area (Å²) in [7, 11) is 1.17. The molecule has 0 bridgehead atoms. The van der Waals surface area contributed by atoms with Crippen molar-refractivity contribution in [1.82, 2.24) is 9.55 Å². The molecule has 3 aromatic rings. The Kier molecular flexibility index (Phi) is 4.85. The second-order valence-corrected chi connectivity index (χ2v) is 6.30. The lowest BCUT2D eigenvalue weighted by molar-refractivity contribution is 0.172. The Balaban J connectivity index is 2.24. The third kappa shape index (κ3) is 3.56. The van der Waals surface area contributed by atoms with Crippen LogP contribution in [0.25, 0.3) is 10.9 Å². The van der Waals surface area contributed by atoms with Gasteiger partial charge >= 0.3 is 6.09 Å². The summed E-state index contributed by atoms with van der Waals surface area (Å²) in [6, 6.07) is 9.25. The van der Waals surface area contributed by atoms with Gasteiger partial charge in [-0.25, -0.2) is 9.78 Å². The second kappa shape index (κ2) is 6.92. The van der Waals surface area contributed by atoms with E-state index in [1.807, 2.05) is 0 Å². The number of hydrogen-bond donors (Lipinski definition) is 1. The van der Waals surface area contributed by atoms with Crippen LogP contribution in [0.1, 0.15) is 0 Å². The average molecular weight is 399 g/mol. The van der Waals surface area contributed by atoms with E-state index in [1.54, 1.807) is 24.3 Å². The summed E-state index contributed by atoms with van der Waals surface area (Å²) in [5, 5.41) is 4.26. The highest BCUT2D eigenvalue weighted by Crippen LogP contribution is 2.25. The first-order chi connectivity index (χ1) is 11.9. The molecule has 0 fully saturated rings. The van der Waals surface area contributed by atoms with Crippen molar-refractivity contribution in [3.05, 3.63) is 61.8 Å². The number of ether oxygens (including phenoxy) is 1. The fourth-order valence-electron chi connectivity index (χ4n) is 2.26. The third-order valence-electron chi connectivity index (χ3n) is 3.31. The predicted octanol–water partition coefficient (Wildman–Crippen LogP) is 4.71. The van der Waals surface area contributed by atoms with Crippen LogP contribution in [0.2, 0.25) is 15.1 Å². The number of carbonyl (C=O) groups excluding carboxylic acids is 1. The molecule has 0 saturated heterocycles. The number of halogens is 3. The third-order valence-corrected chi connectivity index (χ3v) is 3.98. The van der Waals surface area contributed by atoms with Gasteiger partial charge in [0.05, 0.1) is 18.0 Å². The molecule has 25 heavy (non-hydrogen) atoms. The smallest absolute Gasteiger partial charge is 0.423 e. The van der Waals surface area contributed by atoms with Gasteiger partial charge in [-0.1, -0.05) is 34.8 Å². The molecule has 0 aliphatic heterocycles. The van der Waals surface area contributed by atoms with E-state index in [-0.39, 0.29) is 11.3 Å². The van der Waals surface area contributed by atoms with E-state index in [2.05, 4.69) is 15.0 Å². The van der Waals surface area contributed by atoms with Gasteiger partial charge in [0.1, 0.15) is 0 Å². The number of carbonyl (C=O) groups is 1. The van der Waals surface area contributed by atoms with Crippen LogP contribution in [-0.4, -0.2) is 22.8 Å². The molecule has 0 saturated carbocycles. The summed E-state index contributed by atoms with van der Waals surface area (Å²) >= 11 is 17.9. The van der Waals surface area contributed by atoms with Crippen molar-refractivity contribution in [2.45, 2.75) is 0 Å². The monoisotopic (exact) mass is 397 g/mol. The lowest BCUT2D eigenvalue weighted by atomic mass is 10.2. The van der Waals surface area contributed by atoms with Crippen molar-refractivity contribution in [3.63, 3.8) is 0 Å². The number of methoxy groups -OCH3 is 1. The number of benzene rings is 2. The van der Waals surface area contributed by atoms with Crippen LogP contribution in [0.5, 0.6) is 0 Å². The molecule has 128 valence electrons. The Morgan fingerprint density at radius 1 is 1.08 bits per heavy atom. The summed E-state index contributed by atoms with van der Waals surface area (Å²) in [5.74, 6) is -0.0510. The Labute approximate surface area is 156 Å². The molecule has 0 aliphatic rings. The number of rotatable bonds is 2. The summed E-state index contributed by atoms with van der Waals surface area (Å²) in [6.45, 7) is 0. The molecule has 0 aliphatic carbocycles. The number of nitrogens with zero attached hydrogens (tertiary/aromatic N) is 2. The lowest BCUT2D eigenvalue weighted by Crippen LogP contribution is -2.30. The highest BCUT2D eigenvalue weighted by atomic mass is 35.5. The number of nitrogens with one attached hydrogen (secondary N) is 1. The average Bonchev–Trinajstić information content (AvgIpc) is 2.53. The van der Waals surface area contributed by atoms with Crippen LogP contribution < -0.4 is 10.9 Å². The highest BCUT2D eigenvalue weighted by molar-refractivity contribution is 6.35. The quantitative estimate of drug-likeness (QED) is 0.676. The largest absolute Gasteiger partial charge is 0.452 e. The van der Waals surface area contributed by atoms with Crippen LogP contribution in [0.3, 0.4) is 0 Å². The molecule has 9 heteroatoms. The molecule has 0 atom stereocenters. The van der Waals surface area contributed by atoms with E-state index in [0.29, 0.717) is 26.3 Å². The fraction of sp³-hybridized carbons (Fsp3) is 0.0625. The van der Waals surface area contributed by atoms with Crippen molar-refractivity contribution in [1.29, 1.82) is 0 Å². The summed E-state index contributed by atoms with van der Waals surface area (Å²) in [4.78, 5) is 29.0. The van der Waals surface area contributed by atoms with Gasteiger partial charge in [0.25, 0.3) is 5.56 Å². The molecule has 0 spiro atoms. The predicted molar refractivity (Wildman–Crippen MR) is 98.6 cm³/mol. The summed E-state index contributed by atoms with van der Waals surface area (Å²) < 4.78 is 5.46. The standard InChI is InChI=1S/C16H10Cl3N3O3/c1-25-16(24)22-14(23)12-3-2-8(17)7-13(12)21-15(22)20-11-5-9(18)4-10(19)6-11/h2-7H,1H3,(H,20,21). The maximum absolute atomic E-state index is 12.7. The van der Waals surface area contributed by atoms with Crippen molar-refractivity contribution in [2.24, 2.45) is 0 Å². The first kappa shape index (κ1) is 17.5. The van der Waals surface area contributed by atoms with Crippen molar-refractivity contribution in [2.75, 3.05) is 12.4 Å². The summed E-state index contributed by atoms with van der Waals surface area (Å²) in [5.41, 5.74) is 0.181. The first-order valence-corrected chi connectivity index (χ1v) is 8.06. The van der Waals surface area contributed by atoms with Gasteiger partial charge in [0, 0.05) is 20.8 Å². The molecule has 3 rings (SSSR count). The van der Waals surface area contributed by atoms with Crippen LogP contribution in [0.4, 0.5) is 16.4 Å². The van der Waals surface area contributed by atoms with Gasteiger partial charge in [-0.05, 0) is 36.4 Å². The van der Waals surface area contributed by atoms with Crippen LogP contribution in [0, 0.1) is 0 Å². The molecule has 1 heterocycles. The van der Waals surface area contributed by atoms with E-state index in [0.717, 1.165) is 4.57 Å². The number of aromatic nitrogens is 2. The van der Waals surface area contributed by atoms with Crippen LogP contribution in [-0.2, 0) is 4.74 Å². The highest BCUT2D eigenvalue weighted by Gasteiger charge is 2.18. The van der Waals surface area contributed by atoms with E-state index in [4.69, 9.17) is 34.8 Å². The Hall–Kier alpha value is -2.28. The van der Waals surface area contributed by atoms with Gasteiger partial charge < -0.3 is 10.1 Å². The van der Waals surface area contributed by atoms with Crippen molar-refractivity contribution in [3.8, 4) is 0 Å². The minimum atomic E-state index is -0.884. The molecular formula is C16H10Cl3N3O3. The second-order valence-electron chi connectivity index (χ2n) is 4.99. The van der Waals surface area contributed by atoms with Gasteiger partial charge in [-0.3, -0.25) is 4.79 Å². The van der Waals surface area contributed by atoms with Gasteiger partial charge in [0.2, 0.25) is 5.95 Å². The Morgan fingerprint density at radius 2 is 1.76 bits per heavy atom. The minimum absolute atomic E-state index is 0.0510. The molecular weight excluding hydrogens is 389 g/mol. The minimum Gasteiger partial charge on any atom is -0.452 e. The van der Waals surface area contributed by atoms with E-state index >= 15 is 0 Å². The molecule has 0 unspecified atom stereocenters. The molecule has 0 radical (unpaired) electrons. The molecule has 1 N–H and O–H groups in total. The van der Waals surface area contributed by atoms with Crippen molar-refractivity contribution >= 4 is 63.4 Å². The van der Waals surface area contributed by atoms with Crippen LogP contribution >= 0.6 is 34.8 Å². The van der Waals surface area contributed by atoms with Gasteiger partial charge in [0.15, 0.2) is 0 Å². The maximum Gasteiger partial charge on any atom is 0.423 e. The van der Waals surface area contributed by atoms with E-state index in [9.17, 15) is 9.59 Å². The van der Waals surface area contributed by atoms with Crippen LogP contribution in [0.15, 0.2) is 41.2 Å². The normalized spacial score (nSPS) is 10.7. The lowest BCUT2D eigenvalue weighted by Gasteiger charge is -2.13. The SMILES string of the molecule is COC(=O)n1c(Nc2cc(Cl)cc(Cl)c2)nc2cc(Cl)ccc2c1=O. The molecule has 1 aromatic heterocycles. The van der Waals surface area contributed by atoms with E-state index in [1.165, 1.54) is 19.2 Å². The maximum atomic E-state index is 12.7. The van der Waals surface area contributed by atoms with Crippen molar-refractivity contribution < 1.29 is 9.53 Å². The molecule has 6 nitrogen and oxygen atoms in total. The number of anilines is 2. The molecule has 0 amide bonds. The zero-order valence-electron chi connectivity index (χ0n) is 12.7. The Morgan fingerprint density at radius 3 is 2.40 bits per heavy atom. The van der Waals surface area contributed by atoms with Gasteiger partial charge in [-0.15, -0.1) is 0 Å². The van der Waals surface area contributed by atoms with Gasteiger partial charge in [-0.2, -0.15) is 4.57 Å². The summed E-state index contributed by atoms with van der Waals surface area (Å²) in [6.07, 6.45) is -0.884. The zero-order valence-corrected chi connectivity index (χ0v) is 15.0. The Bertz CT molecular complexity index is 1030. The number of fused-ring (bicyclic) bond motifs is 1. The number of hydrogen-bond acceptors (Lipinski definition) is 5. The molecule has 2 aromatic carbocycles. The van der Waals surface area contributed by atoms with E-state index < -0.39 is 11.7 Å². The fourth-order valence-corrected chi connectivity index (χ4v) is 2.95. The zero-order chi connectivity index (χ0) is 18.1.